The molecule has 0 fully saturated rings. The van der Waals surface area contributed by atoms with Crippen LogP contribution in [0.2, 0.25) is 0 Å². The van der Waals surface area contributed by atoms with Gasteiger partial charge in [0.15, 0.2) is 11.5 Å². The average Bonchev–Trinajstić information content (AvgIpc) is 2.95. The Morgan fingerprint density at radius 2 is 1.86 bits per heavy atom. The summed E-state index contributed by atoms with van der Waals surface area (Å²) in [5, 5.41) is 2.86. The van der Waals surface area contributed by atoms with Gasteiger partial charge in [-0.2, -0.15) is 0 Å². The van der Waals surface area contributed by atoms with Crippen LogP contribution in [0.4, 0.5) is 5.69 Å². The molecule has 3 rings (SSSR count). The van der Waals surface area contributed by atoms with Gasteiger partial charge in [0.05, 0.1) is 6.42 Å². The Kier molecular flexibility index (Phi) is 3.75. The van der Waals surface area contributed by atoms with Crippen molar-refractivity contribution in [2.24, 2.45) is 5.73 Å². The second kappa shape index (κ2) is 5.85. The molecule has 0 aromatic heterocycles. The SMILES string of the molecule is NCc1ccccc1CC(=O)Nc1ccc2c(c1)OCO2. The number of benzene rings is 2. The van der Waals surface area contributed by atoms with Crippen LogP contribution < -0.4 is 20.5 Å². The number of anilines is 1. The highest BCUT2D eigenvalue weighted by molar-refractivity contribution is 5.92. The maximum atomic E-state index is 12.1. The number of hydrogen-bond acceptors (Lipinski definition) is 4. The van der Waals surface area contributed by atoms with Crippen molar-refractivity contribution in [3.05, 3.63) is 53.6 Å². The first-order chi connectivity index (χ1) is 10.3. The number of ether oxygens (including phenoxy) is 2. The number of amides is 1. The van der Waals surface area contributed by atoms with Gasteiger partial charge in [-0.25, -0.2) is 0 Å². The molecule has 1 aliphatic rings. The lowest BCUT2D eigenvalue weighted by Crippen LogP contribution is -2.16. The largest absolute Gasteiger partial charge is 0.454 e. The van der Waals surface area contributed by atoms with E-state index in [0.717, 1.165) is 11.1 Å². The molecule has 5 nitrogen and oxygen atoms in total. The van der Waals surface area contributed by atoms with Gasteiger partial charge in [-0.1, -0.05) is 24.3 Å². The van der Waals surface area contributed by atoms with Crippen molar-refractivity contribution in [2.45, 2.75) is 13.0 Å². The summed E-state index contributed by atoms with van der Waals surface area (Å²) in [6.07, 6.45) is 0.293. The van der Waals surface area contributed by atoms with Gasteiger partial charge in [0, 0.05) is 18.3 Å². The molecular weight excluding hydrogens is 268 g/mol. The van der Waals surface area contributed by atoms with Crippen LogP contribution in [-0.2, 0) is 17.8 Å². The van der Waals surface area contributed by atoms with E-state index in [0.29, 0.717) is 30.2 Å². The van der Waals surface area contributed by atoms with E-state index in [-0.39, 0.29) is 12.7 Å². The Morgan fingerprint density at radius 3 is 2.67 bits per heavy atom. The molecule has 1 aliphatic heterocycles. The van der Waals surface area contributed by atoms with Gasteiger partial charge in [-0.3, -0.25) is 4.79 Å². The van der Waals surface area contributed by atoms with Gasteiger partial charge >= 0.3 is 0 Å². The summed E-state index contributed by atoms with van der Waals surface area (Å²) in [6.45, 7) is 0.643. The van der Waals surface area contributed by atoms with Gasteiger partial charge in [0.25, 0.3) is 0 Å². The molecule has 0 unspecified atom stereocenters. The number of carbonyl (C=O) groups excluding carboxylic acids is 1. The zero-order valence-electron chi connectivity index (χ0n) is 11.5. The third-order valence-electron chi connectivity index (χ3n) is 3.35. The molecule has 21 heavy (non-hydrogen) atoms. The van der Waals surface area contributed by atoms with Crippen molar-refractivity contribution in [1.82, 2.24) is 0 Å². The monoisotopic (exact) mass is 284 g/mol. The standard InChI is InChI=1S/C16H16N2O3/c17-9-12-4-2-1-3-11(12)7-16(19)18-13-5-6-14-15(8-13)21-10-20-14/h1-6,8H,7,9-10,17H2,(H,18,19). The molecule has 0 spiro atoms. The van der Waals surface area contributed by atoms with Crippen molar-refractivity contribution >= 4 is 11.6 Å². The van der Waals surface area contributed by atoms with Crippen LogP contribution >= 0.6 is 0 Å². The fourth-order valence-corrected chi connectivity index (χ4v) is 2.28. The summed E-state index contributed by atoms with van der Waals surface area (Å²) in [7, 11) is 0. The highest BCUT2D eigenvalue weighted by Gasteiger charge is 2.14. The summed E-state index contributed by atoms with van der Waals surface area (Å²) < 4.78 is 10.5. The Bertz CT molecular complexity index is 670. The van der Waals surface area contributed by atoms with Crippen LogP contribution in [0.25, 0.3) is 0 Å². The normalized spacial score (nSPS) is 12.2. The minimum absolute atomic E-state index is 0.0882. The Hall–Kier alpha value is -2.53. The maximum absolute atomic E-state index is 12.1. The quantitative estimate of drug-likeness (QED) is 0.901. The molecule has 1 amide bonds. The van der Waals surface area contributed by atoms with E-state index in [1.54, 1.807) is 18.2 Å². The highest BCUT2D eigenvalue weighted by Crippen LogP contribution is 2.34. The van der Waals surface area contributed by atoms with Gasteiger partial charge < -0.3 is 20.5 Å². The van der Waals surface area contributed by atoms with E-state index >= 15 is 0 Å². The lowest BCUT2D eigenvalue weighted by Gasteiger charge is -2.09. The molecule has 0 saturated heterocycles. The summed E-state index contributed by atoms with van der Waals surface area (Å²) in [4.78, 5) is 12.1. The molecule has 1 heterocycles. The van der Waals surface area contributed by atoms with E-state index in [2.05, 4.69) is 5.32 Å². The number of hydrogen-bond donors (Lipinski definition) is 2. The molecule has 3 N–H and O–H groups in total. The van der Waals surface area contributed by atoms with E-state index in [9.17, 15) is 4.79 Å². The fraction of sp³-hybridized carbons (Fsp3) is 0.188. The van der Waals surface area contributed by atoms with Crippen molar-refractivity contribution in [2.75, 3.05) is 12.1 Å². The molecule has 5 heteroatoms. The lowest BCUT2D eigenvalue weighted by atomic mass is 10.0. The minimum atomic E-state index is -0.0882. The van der Waals surface area contributed by atoms with Crippen LogP contribution in [0.5, 0.6) is 11.5 Å². The topological polar surface area (TPSA) is 73.6 Å². The molecule has 0 atom stereocenters. The highest BCUT2D eigenvalue weighted by atomic mass is 16.7. The van der Waals surface area contributed by atoms with Gasteiger partial charge in [0.1, 0.15) is 0 Å². The first-order valence-electron chi connectivity index (χ1n) is 6.72. The van der Waals surface area contributed by atoms with Crippen molar-refractivity contribution in [1.29, 1.82) is 0 Å². The van der Waals surface area contributed by atoms with E-state index in [1.165, 1.54) is 0 Å². The summed E-state index contributed by atoms with van der Waals surface area (Å²) >= 11 is 0. The molecule has 0 radical (unpaired) electrons. The lowest BCUT2D eigenvalue weighted by molar-refractivity contribution is -0.115. The van der Waals surface area contributed by atoms with Crippen molar-refractivity contribution in [3.8, 4) is 11.5 Å². The van der Waals surface area contributed by atoms with E-state index in [4.69, 9.17) is 15.2 Å². The Morgan fingerprint density at radius 1 is 1.10 bits per heavy atom. The third kappa shape index (κ3) is 2.98. The molecule has 0 aliphatic carbocycles. The average molecular weight is 284 g/mol. The summed E-state index contributed by atoms with van der Waals surface area (Å²) in [5.41, 5.74) is 8.29. The van der Waals surface area contributed by atoms with E-state index in [1.807, 2.05) is 24.3 Å². The van der Waals surface area contributed by atoms with E-state index < -0.39 is 0 Å². The van der Waals surface area contributed by atoms with Gasteiger partial charge in [-0.15, -0.1) is 0 Å². The number of fused-ring (bicyclic) bond motifs is 1. The van der Waals surface area contributed by atoms with Crippen molar-refractivity contribution < 1.29 is 14.3 Å². The Labute approximate surface area is 122 Å². The first kappa shape index (κ1) is 13.5. The summed E-state index contributed by atoms with van der Waals surface area (Å²) in [6, 6.07) is 13.0. The molecule has 0 saturated carbocycles. The Balaban J connectivity index is 1.69. The molecule has 108 valence electrons. The van der Waals surface area contributed by atoms with Crippen LogP contribution in [-0.4, -0.2) is 12.7 Å². The minimum Gasteiger partial charge on any atom is -0.454 e. The molecular formula is C16H16N2O3. The second-order valence-electron chi connectivity index (χ2n) is 4.77. The van der Waals surface area contributed by atoms with Crippen LogP contribution in [0.1, 0.15) is 11.1 Å². The molecule has 2 aromatic rings. The van der Waals surface area contributed by atoms with Crippen LogP contribution in [0.3, 0.4) is 0 Å². The zero-order chi connectivity index (χ0) is 14.7. The fourth-order valence-electron chi connectivity index (χ4n) is 2.28. The predicted molar refractivity (Wildman–Crippen MR) is 79.2 cm³/mol. The van der Waals surface area contributed by atoms with Crippen LogP contribution in [0.15, 0.2) is 42.5 Å². The first-order valence-corrected chi connectivity index (χ1v) is 6.72. The maximum Gasteiger partial charge on any atom is 0.231 e. The number of nitrogens with two attached hydrogens (primary N) is 1. The molecule has 0 bridgehead atoms. The number of rotatable bonds is 4. The third-order valence-corrected chi connectivity index (χ3v) is 3.35. The number of carbonyl (C=O) groups is 1. The summed E-state index contributed by atoms with van der Waals surface area (Å²) in [5.74, 6) is 1.26. The van der Waals surface area contributed by atoms with Crippen molar-refractivity contribution in [3.63, 3.8) is 0 Å². The number of nitrogens with one attached hydrogen (secondary N) is 1. The molecule has 2 aromatic carbocycles. The zero-order valence-corrected chi connectivity index (χ0v) is 11.5. The van der Waals surface area contributed by atoms with Gasteiger partial charge in [-0.05, 0) is 23.3 Å². The predicted octanol–water partition coefficient (Wildman–Crippen LogP) is 2.06. The van der Waals surface area contributed by atoms with Crippen LogP contribution in [0, 0.1) is 0 Å². The van der Waals surface area contributed by atoms with Gasteiger partial charge in [0.2, 0.25) is 12.7 Å². The second-order valence-corrected chi connectivity index (χ2v) is 4.77. The smallest absolute Gasteiger partial charge is 0.231 e.